The highest BCUT2D eigenvalue weighted by Crippen LogP contribution is 2.27. The number of nitrogens with zero attached hydrogens (tertiary/aromatic N) is 2. The molecule has 1 aromatic carbocycles. The second kappa shape index (κ2) is 5.18. The van der Waals surface area contributed by atoms with E-state index in [1.54, 1.807) is 36.3 Å². The van der Waals surface area contributed by atoms with Crippen molar-refractivity contribution in [2.75, 3.05) is 5.73 Å². The summed E-state index contributed by atoms with van der Waals surface area (Å²) < 4.78 is 0. The summed E-state index contributed by atoms with van der Waals surface area (Å²) in [5.74, 6) is 1.53. The molecule has 0 fully saturated rings. The summed E-state index contributed by atoms with van der Waals surface area (Å²) in [5, 5.41) is 0.582. The topological polar surface area (TPSA) is 51.8 Å². The van der Waals surface area contributed by atoms with Crippen LogP contribution in [0, 0.1) is 0 Å². The van der Waals surface area contributed by atoms with E-state index in [0.717, 1.165) is 16.5 Å². The van der Waals surface area contributed by atoms with Crippen LogP contribution in [0.15, 0.2) is 41.6 Å². The largest absolute Gasteiger partial charge is 0.398 e. The molecule has 2 N–H and O–H groups in total. The average molecular weight is 252 g/mol. The van der Waals surface area contributed by atoms with E-state index in [9.17, 15) is 0 Å². The highest BCUT2D eigenvalue weighted by molar-refractivity contribution is 7.98. The van der Waals surface area contributed by atoms with Gasteiger partial charge in [0, 0.05) is 17.3 Å². The standard InChI is InChI=1S/C11H10ClN3S/c12-9-6-8(2-3-10(9)13)16-7-11-14-4-1-5-15-11/h1-6H,7,13H2. The third kappa shape index (κ3) is 2.87. The molecule has 0 saturated carbocycles. The van der Waals surface area contributed by atoms with Crippen molar-refractivity contribution < 1.29 is 0 Å². The Labute approximate surface area is 103 Å². The molecule has 0 atom stereocenters. The summed E-state index contributed by atoms with van der Waals surface area (Å²) in [5.41, 5.74) is 6.23. The third-order valence-corrected chi connectivity index (χ3v) is 3.28. The molecule has 1 aromatic heterocycles. The first-order valence-corrected chi connectivity index (χ1v) is 6.06. The van der Waals surface area contributed by atoms with Crippen molar-refractivity contribution in [3.8, 4) is 0 Å². The minimum Gasteiger partial charge on any atom is -0.398 e. The van der Waals surface area contributed by atoms with Crippen LogP contribution >= 0.6 is 23.4 Å². The Bertz CT molecular complexity index is 476. The molecule has 2 aromatic rings. The van der Waals surface area contributed by atoms with E-state index in [-0.39, 0.29) is 0 Å². The number of rotatable bonds is 3. The van der Waals surface area contributed by atoms with Gasteiger partial charge in [0.05, 0.1) is 16.5 Å². The Morgan fingerprint density at radius 2 is 2.00 bits per heavy atom. The highest BCUT2D eigenvalue weighted by Gasteiger charge is 2.01. The minimum absolute atomic E-state index is 0.582. The molecule has 0 saturated heterocycles. The first-order chi connectivity index (χ1) is 7.75. The van der Waals surface area contributed by atoms with Gasteiger partial charge in [-0.3, -0.25) is 0 Å². The zero-order valence-electron chi connectivity index (χ0n) is 8.43. The lowest BCUT2D eigenvalue weighted by Crippen LogP contribution is -1.90. The van der Waals surface area contributed by atoms with E-state index < -0.39 is 0 Å². The van der Waals surface area contributed by atoms with E-state index >= 15 is 0 Å². The summed E-state index contributed by atoms with van der Waals surface area (Å²) >= 11 is 7.56. The van der Waals surface area contributed by atoms with Gasteiger partial charge in [-0.2, -0.15) is 0 Å². The van der Waals surface area contributed by atoms with Crippen molar-refractivity contribution >= 4 is 29.1 Å². The molecule has 2 rings (SSSR count). The van der Waals surface area contributed by atoms with Crippen molar-refractivity contribution in [2.24, 2.45) is 0 Å². The number of benzene rings is 1. The van der Waals surface area contributed by atoms with E-state index in [4.69, 9.17) is 17.3 Å². The normalized spacial score (nSPS) is 10.3. The van der Waals surface area contributed by atoms with Crippen LogP contribution in [0.3, 0.4) is 0 Å². The number of nitrogen functional groups attached to an aromatic ring is 1. The van der Waals surface area contributed by atoms with E-state index in [1.807, 2.05) is 12.1 Å². The quantitative estimate of drug-likeness (QED) is 0.673. The maximum Gasteiger partial charge on any atom is 0.138 e. The molecular formula is C11H10ClN3S. The molecule has 3 nitrogen and oxygen atoms in total. The molecule has 0 aliphatic carbocycles. The summed E-state index contributed by atoms with van der Waals surface area (Å²) in [6.45, 7) is 0. The Balaban J connectivity index is 2.03. The fourth-order valence-corrected chi connectivity index (χ4v) is 2.21. The lowest BCUT2D eigenvalue weighted by Gasteiger charge is -2.03. The lowest BCUT2D eigenvalue weighted by atomic mass is 10.3. The van der Waals surface area contributed by atoms with Crippen molar-refractivity contribution in [3.05, 3.63) is 47.5 Å². The summed E-state index contributed by atoms with van der Waals surface area (Å²) in [4.78, 5) is 9.35. The number of aromatic nitrogens is 2. The predicted octanol–water partition coefficient (Wildman–Crippen LogP) is 3.00. The van der Waals surface area contributed by atoms with Crippen LogP contribution in [-0.2, 0) is 5.75 Å². The molecule has 16 heavy (non-hydrogen) atoms. The van der Waals surface area contributed by atoms with Gasteiger partial charge in [0.15, 0.2) is 0 Å². The summed E-state index contributed by atoms with van der Waals surface area (Å²) in [7, 11) is 0. The molecule has 0 radical (unpaired) electrons. The Morgan fingerprint density at radius 3 is 2.69 bits per heavy atom. The van der Waals surface area contributed by atoms with E-state index in [0.29, 0.717) is 10.7 Å². The third-order valence-electron chi connectivity index (χ3n) is 1.96. The Kier molecular flexibility index (Phi) is 3.64. The van der Waals surface area contributed by atoms with E-state index in [1.165, 1.54) is 0 Å². The lowest BCUT2D eigenvalue weighted by molar-refractivity contribution is 1.03. The van der Waals surface area contributed by atoms with Gasteiger partial charge in [0.25, 0.3) is 0 Å². The first-order valence-electron chi connectivity index (χ1n) is 4.69. The monoisotopic (exact) mass is 251 g/mol. The maximum absolute atomic E-state index is 5.93. The van der Waals surface area contributed by atoms with Gasteiger partial charge in [0.1, 0.15) is 5.82 Å². The average Bonchev–Trinajstić information content (AvgIpc) is 2.32. The second-order valence-corrected chi connectivity index (χ2v) is 4.59. The molecule has 0 bridgehead atoms. The van der Waals surface area contributed by atoms with Crippen LogP contribution in [-0.4, -0.2) is 9.97 Å². The van der Waals surface area contributed by atoms with Gasteiger partial charge >= 0.3 is 0 Å². The Hall–Kier alpha value is -1.26. The van der Waals surface area contributed by atoms with Gasteiger partial charge in [-0.05, 0) is 24.3 Å². The Morgan fingerprint density at radius 1 is 1.25 bits per heavy atom. The SMILES string of the molecule is Nc1ccc(SCc2ncccn2)cc1Cl. The molecule has 0 aliphatic rings. The fraction of sp³-hybridized carbons (Fsp3) is 0.0909. The molecule has 1 heterocycles. The number of anilines is 1. The van der Waals surface area contributed by atoms with Crippen LogP contribution in [0.25, 0.3) is 0 Å². The molecule has 0 amide bonds. The fourth-order valence-electron chi connectivity index (χ4n) is 1.15. The van der Waals surface area contributed by atoms with Crippen LogP contribution in [0.4, 0.5) is 5.69 Å². The van der Waals surface area contributed by atoms with Crippen molar-refractivity contribution in [3.63, 3.8) is 0 Å². The molecule has 0 spiro atoms. The second-order valence-electron chi connectivity index (χ2n) is 3.14. The highest BCUT2D eigenvalue weighted by atomic mass is 35.5. The van der Waals surface area contributed by atoms with Crippen molar-refractivity contribution in [1.82, 2.24) is 9.97 Å². The number of hydrogen-bond donors (Lipinski definition) is 1. The zero-order chi connectivity index (χ0) is 11.4. The molecule has 5 heteroatoms. The molecule has 82 valence electrons. The predicted molar refractivity (Wildman–Crippen MR) is 67.5 cm³/mol. The van der Waals surface area contributed by atoms with Gasteiger partial charge in [-0.1, -0.05) is 11.6 Å². The van der Waals surface area contributed by atoms with Gasteiger partial charge in [0.2, 0.25) is 0 Å². The van der Waals surface area contributed by atoms with Gasteiger partial charge in [-0.15, -0.1) is 11.8 Å². The number of halogens is 1. The van der Waals surface area contributed by atoms with Crippen LogP contribution in [0.2, 0.25) is 5.02 Å². The molecular weight excluding hydrogens is 242 g/mol. The smallest absolute Gasteiger partial charge is 0.138 e. The number of nitrogens with two attached hydrogens (primary N) is 1. The van der Waals surface area contributed by atoms with E-state index in [2.05, 4.69) is 9.97 Å². The van der Waals surface area contributed by atoms with Gasteiger partial charge < -0.3 is 5.73 Å². The van der Waals surface area contributed by atoms with Crippen LogP contribution < -0.4 is 5.73 Å². The first kappa shape index (κ1) is 11.2. The number of thioether (sulfide) groups is 1. The molecule has 0 aliphatic heterocycles. The number of hydrogen-bond acceptors (Lipinski definition) is 4. The van der Waals surface area contributed by atoms with Crippen molar-refractivity contribution in [2.45, 2.75) is 10.6 Å². The van der Waals surface area contributed by atoms with Crippen LogP contribution in [0.1, 0.15) is 5.82 Å². The summed E-state index contributed by atoms with van der Waals surface area (Å²) in [6, 6.07) is 7.39. The summed E-state index contributed by atoms with van der Waals surface area (Å²) in [6.07, 6.45) is 3.47. The van der Waals surface area contributed by atoms with Crippen LogP contribution in [0.5, 0.6) is 0 Å². The molecule has 0 unspecified atom stereocenters. The minimum atomic E-state index is 0.582. The zero-order valence-corrected chi connectivity index (χ0v) is 10.0. The van der Waals surface area contributed by atoms with Crippen molar-refractivity contribution in [1.29, 1.82) is 0 Å². The van der Waals surface area contributed by atoms with Gasteiger partial charge in [-0.25, -0.2) is 9.97 Å². The maximum atomic E-state index is 5.93.